The van der Waals surface area contributed by atoms with Gasteiger partial charge in [0.1, 0.15) is 11.4 Å². The van der Waals surface area contributed by atoms with Crippen LogP contribution in [0.1, 0.15) is 126 Å². The van der Waals surface area contributed by atoms with Crippen molar-refractivity contribution in [2.75, 3.05) is 10.9 Å². The minimum atomic E-state index is -0.730. The second-order valence-corrected chi connectivity index (χ2v) is 15.7. The molecule has 20 nitrogen and oxygen atoms in total. The molecule has 1 aliphatic heterocycles. The number of aromatic amines is 2. The number of nitro benzene ring substituents is 4. The van der Waals surface area contributed by atoms with Gasteiger partial charge in [-0.15, -0.1) is 0 Å². The third kappa shape index (κ3) is 10.1. The Bertz CT molecular complexity index is 2890. The van der Waals surface area contributed by atoms with Crippen LogP contribution in [0.25, 0.3) is 33.2 Å². The number of nitrogens with one attached hydrogen (secondary N) is 4. The third-order valence-electron chi connectivity index (χ3n) is 11.9. The average Bonchev–Trinajstić information content (AvgIpc) is 3.96. The number of fused-ring (bicyclic) bond motifs is 6. The zero-order chi connectivity index (χ0) is 49.4. The quantitative estimate of drug-likeness (QED) is 0.0363. The van der Waals surface area contributed by atoms with E-state index in [0.29, 0.717) is 48.5 Å². The summed E-state index contributed by atoms with van der Waals surface area (Å²) in [6.07, 6.45) is 4.68. The molecule has 5 aromatic rings. The van der Waals surface area contributed by atoms with Crippen molar-refractivity contribution in [1.82, 2.24) is 19.9 Å². The topological polar surface area (TPSA) is 279 Å². The molecule has 68 heavy (non-hydrogen) atoms. The van der Waals surface area contributed by atoms with E-state index in [1.807, 2.05) is 26.0 Å². The van der Waals surface area contributed by atoms with E-state index >= 15 is 0 Å². The largest absolute Gasteiger partial charge is 0.355 e. The van der Waals surface area contributed by atoms with E-state index < -0.39 is 42.4 Å². The molecule has 6 bridgehead atoms. The summed E-state index contributed by atoms with van der Waals surface area (Å²) in [5.74, 6) is 0. The van der Waals surface area contributed by atoms with Crippen LogP contribution in [0.5, 0.6) is 0 Å². The maximum Gasteiger partial charge on any atom is 0.301 e. The summed E-state index contributed by atoms with van der Waals surface area (Å²) in [4.78, 5) is 62.4. The fourth-order valence-electron chi connectivity index (χ4n) is 8.64. The minimum absolute atomic E-state index is 0.0882. The zero-order valence-corrected chi connectivity index (χ0v) is 39.3. The van der Waals surface area contributed by atoms with Gasteiger partial charge in [0.15, 0.2) is 0 Å². The number of hydrogen-bond acceptors (Lipinski definition) is 14. The number of hydrazone groups is 2. The molecule has 3 aromatic heterocycles. The van der Waals surface area contributed by atoms with Crippen LogP contribution in [0.2, 0.25) is 0 Å². The van der Waals surface area contributed by atoms with Crippen molar-refractivity contribution in [2.45, 2.75) is 107 Å². The third-order valence-corrected chi connectivity index (χ3v) is 11.9. The van der Waals surface area contributed by atoms with Gasteiger partial charge in [-0.3, -0.25) is 51.3 Å². The van der Waals surface area contributed by atoms with Crippen LogP contribution in [0.3, 0.4) is 0 Å². The maximum atomic E-state index is 12.2. The molecule has 6 rings (SSSR count). The van der Waals surface area contributed by atoms with E-state index in [4.69, 9.17) is 9.97 Å². The Labute approximate surface area is 391 Å². The SMILES string of the molecule is CCC1=C(CC)c2cc3[nH]c(cc(/C(CC)=N/Nc4ccc([N+](=O)[O-])cc4[N+](=O)[O-])nc(/C(CC)=N/Nc4ccc([N+](=O)[O-])cc4[N+](=O)[O-])cc4[nH]c(cc1n2)c(CC)c4CC)c(CC)c3CC. The molecule has 0 saturated heterocycles. The molecule has 0 aliphatic carbocycles. The summed E-state index contributed by atoms with van der Waals surface area (Å²) in [5, 5.41) is 56.8. The maximum absolute atomic E-state index is 12.2. The summed E-state index contributed by atoms with van der Waals surface area (Å²) in [7, 11) is 0. The first-order valence-corrected chi connectivity index (χ1v) is 22.7. The molecule has 4 N–H and O–H groups in total. The van der Waals surface area contributed by atoms with Crippen LogP contribution in [0.4, 0.5) is 34.1 Å². The lowest BCUT2D eigenvalue weighted by Gasteiger charge is -2.09. The van der Waals surface area contributed by atoms with E-state index in [0.717, 1.165) is 104 Å². The van der Waals surface area contributed by atoms with Crippen LogP contribution in [0, 0.1) is 40.5 Å². The highest BCUT2D eigenvalue weighted by Gasteiger charge is 2.23. The molecule has 0 unspecified atom stereocenters. The zero-order valence-electron chi connectivity index (χ0n) is 39.3. The number of H-pyrrole nitrogens is 2. The van der Waals surface area contributed by atoms with Gasteiger partial charge in [0, 0.05) is 34.2 Å². The van der Waals surface area contributed by atoms with Gasteiger partial charge in [0.05, 0.1) is 66.0 Å². The lowest BCUT2D eigenvalue weighted by atomic mass is 9.99. The van der Waals surface area contributed by atoms with Crippen LogP contribution in [-0.4, -0.2) is 51.1 Å². The molecule has 0 saturated carbocycles. The van der Waals surface area contributed by atoms with Gasteiger partial charge in [-0.1, -0.05) is 55.4 Å². The van der Waals surface area contributed by atoms with Crippen molar-refractivity contribution in [1.29, 1.82) is 0 Å². The minimum Gasteiger partial charge on any atom is -0.355 e. The van der Waals surface area contributed by atoms with Crippen LogP contribution >= 0.6 is 0 Å². The first kappa shape index (κ1) is 49.3. The Morgan fingerprint density at radius 1 is 0.485 bits per heavy atom. The summed E-state index contributed by atoms with van der Waals surface area (Å²) in [6, 6.07) is 14.4. The fraction of sp³-hybridized carbons (Fsp3) is 0.333. The standard InChI is InChI=1S/C48H54N12O8/c1-9-29-30(10-2)40-24-42-32(12-4)34(14-6)44(51-42)26-46(36(16-8)54-56-38-20-18-28(58(63)64)22-48(38)60(67)68)52-45(25-43-33(13-5)31(11-3)41(50-43)23-39(29)49-40)35(15-7)53-55-37-19-17-27(57(61)62)21-47(37)59(65)66/h17-26,50-51,55-56H,9-16H2,1-8H3/b39-23?,40-24?,41-23?,42-24?,43-25?,44-26?,45-25?,46-26?,52-45?,52-46?,53-35+,54-36+. The van der Waals surface area contributed by atoms with Gasteiger partial charge in [-0.2, -0.15) is 10.2 Å². The molecule has 1 aliphatic rings. The van der Waals surface area contributed by atoms with Crippen LogP contribution in [0.15, 0.2) is 70.9 Å². The van der Waals surface area contributed by atoms with E-state index in [2.05, 4.69) is 84.7 Å². The number of allylic oxidation sites excluding steroid dienone is 2. The molecule has 20 heteroatoms. The Balaban J connectivity index is 1.80. The van der Waals surface area contributed by atoms with Gasteiger partial charge in [0.2, 0.25) is 0 Å². The number of hydrogen-bond donors (Lipinski definition) is 4. The smallest absolute Gasteiger partial charge is 0.301 e. The molecular formula is C48H54N12O8. The number of non-ortho nitro benzene ring substituents is 2. The van der Waals surface area contributed by atoms with Gasteiger partial charge in [-0.05, 0) is 121 Å². The highest BCUT2D eigenvalue weighted by Crippen LogP contribution is 2.37. The van der Waals surface area contributed by atoms with Crippen molar-refractivity contribution in [3.05, 3.63) is 146 Å². The number of nitrogens with zero attached hydrogens (tertiary/aromatic N) is 8. The second-order valence-electron chi connectivity index (χ2n) is 15.7. The molecule has 0 fully saturated rings. The van der Waals surface area contributed by atoms with Crippen molar-refractivity contribution >= 4 is 78.8 Å². The average molecular weight is 927 g/mol. The lowest BCUT2D eigenvalue weighted by Crippen LogP contribution is -2.11. The van der Waals surface area contributed by atoms with Crippen molar-refractivity contribution in [3.63, 3.8) is 0 Å². The highest BCUT2D eigenvalue weighted by molar-refractivity contribution is 6.04. The van der Waals surface area contributed by atoms with Gasteiger partial charge >= 0.3 is 11.4 Å². The highest BCUT2D eigenvalue weighted by atomic mass is 16.6. The van der Waals surface area contributed by atoms with E-state index in [-0.39, 0.29) is 24.2 Å². The van der Waals surface area contributed by atoms with Crippen molar-refractivity contribution in [2.24, 2.45) is 10.2 Å². The van der Waals surface area contributed by atoms with E-state index in [1.54, 1.807) is 0 Å². The Morgan fingerprint density at radius 2 is 0.838 bits per heavy atom. The number of benzene rings is 2. The van der Waals surface area contributed by atoms with E-state index in [1.165, 1.54) is 12.1 Å². The predicted octanol–water partition coefficient (Wildman–Crippen LogP) is 12.1. The lowest BCUT2D eigenvalue weighted by molar-refractivity contribution is -0.393. The molecule has 0 spiro atoms. The second kappa shape index (κ2) is 21.4. The summed E-state index contributed by atoms with van der Waals surface area (Å²) < 4.78 is 0. The molecule has 4 heterocycles. The molecule has 354 valence electrons. The van der Waals surface area contributed by atoms with E-state index in [9.17, 15) is 40.5 Å². The molecular weight excluding hydrogens is 873 g/mol. The van der Waals surface area contributed by atoms with Gasteiger partial charge < -0.3 is 9.97 Å². The Hall–Kier alpha value is -8.16. The Morgan fingerprint density at radius 3 is 1.13 bits per heavy atom. The Kier molecular flexibility index (Phi) is 15.5. The molecule has 0 atom stereocenters. The summed E-state index contributed by atoms with van der Waals surface area (Å²) in [6.45, 7) is 16.2. The number of aryl methyl sites for hydroxylation is 4. The van der Waals surface area contributed by atoms with Crippen LogP contribution < -0.4 is 10.9 Å². The molecule has 0 radical (unpaired) electrons. The van der Waals surface area contributed by atoms with Crippen molar-refractivity contribution < 1.29 is 19.7 Å². The first-order valence-electron chi connectivity index (χ1n) is 22.7. The van der Waals surface area contributed by atoms with Crippen molar-refractivity contribution in [3.8, 4) is 0 Å². The monoisotopic (exact) mass is 926 g/mol. The summed E-state index contributed by atoms with van der Waals surface area (Å²) in [5.41, 5.74) is 16.2. The molecule has 2 aromatic carbocycles. The normalized spacial score (nSPS) is 12.3. The number of anilines is 2. The number of aromatic nitrogens is 4. The van der Waals surface area contributed by atoms with Gasteiger partial charge in [0.25, 0.3) is 11.4 Å². The number of nitro groups is 4. The van der Waals surface area contributed by atoms with Crippen LogP contribution in [-0.2, 0) is 25.7 Å². The first-order chi connectivity index (χ1) is 32.6. The van der Waals surface area contributed by atoms with Gasteiger partial charge in [-0.25, -0.2) is 9.97 Å². The number of rotatable bonds is 18. The summed E-state index contributed by atoms with van der Waals surface area (Å²) >= 11 is 0. The fourth-order valence-corrected chi connectivity index (χ4v) is 8.64. The predicted molar refractivity (Wildman–Crippen MR) is 266 cm³/mol. The molecule has 0 amide bonds.